The Kier molecular flexibility index (Phi) is 6.19. The van der Waals surface area contributed by atoms with Gasteiger partial charge in [0.25, 0.3) is 0 Å². The number of hydrogen-bond acceptors (Lipinski definition) is 3. The molecule has 0 aliphatic rings. The molecule has 0 radical (unpaired) electrons. The van der Waals surface area contributed by atoms with Gasteiger partial charge in [0, 0.05) is 35.5 Å². The van der Waals surface area contributed by atoms with Crippen LogP contribution in [0.15, 0.2) is 59.1 Å². The van der Waals surface area contributed by atoms with Crippen LogP contribution >= 0.6 is 23.2 Å². The average molecular weight is 403 g/mol. The van der Waals surface area contributed by atoms with Crippen LogP contribution in [0.1, 0.15) is 30.8 Å². The number of carbonyl (C=O) groups excluding carboxylic acids is 1. The number of hydrogen-bond donors (Lipinski definition) is 0. The Labute approximate surface area is 168 Å². The van der Waals surface area contributed by atoms with Crippen LogP contribution in [0.25, 0.3) is 11.3 Å². The Morgan fingerprint density at radius 2 is 1.67 bits per heavy atom. The molecule has 6 heteroatoms. The first kappa shape index (κ1) is 19.5. The van der Waals surface area contributed by atoms with E-state index in [1.807, 2.05) is 43.3 Å². The smallest absolute Gasteiger partial charge is 0.223 e. The van der Waals surface area contributed by atoms with Crippen molar-refractivity contribution in [1.82, 2.24) is 9.88 Å². The molecule has 1 amide bonds. The largest absolute Gasteiger partial charge is 0.441 e. The molecule has 0 spiro atoms. The molecule has 0 saturated carbocycles. The molecule has 3 rings (SSSR count). The lowest BCUT2D eigenvalue weighted by molar-refractivity contribution is -0.131. The van der Waals surface area contributed by atoms with Crippen LogP contribution in [-0.4, -0.2) is 22.8 Å². The lowest BCUT2D eigenvalue weighted by Gasteiger charge is -2.25. The number of rotatable bonds is 6. The molecule has 0 fully saturated rings. The molecule has 4 nitrogen and oxygen atoms in total. The molecule has 0 saturated heterocycles. The highest BCUT2D eigenvalue weighted by atomic mass is 35.5. The number of aryl methyl sites for hydroxylation is 1. The number of halogens is 2. The minimum atomic E-state index is -0.0380. The van der Waals surface area contributed by atoms with Gasteiger partial charge in [-0.15, -0.1) is 0 Å². The van der Waals surface area contributed by atoms with Gasteiger partial charge in [0.15, 0.2) is 11.7 Å². The summed E-state index contributed by atoms with van der Waals surface area (Å²) in [6, 6.07) is 14.8. The maximum Gasteiger partial charge on any atom is 0.223 e. The average Bonchev–Trinajstić information content (AvgIpc) is 3.15. The zero-order valence-corrected chi connectivity index (χ0v) is 16.7. The molecule has 0 aliphatic heterocycles. The molecule has 3 aromatic rings. The van der Waals surface area contributed by atoms with E-state index in [1.54, 1.807) is 30.3 Å². The fourth-order valence-electron chi connectivity index (χ4n) is 2.74. The number of amides is 1. The molecule has 1 heterocycles. The van der Waals surface area contributed by atoms with E-state index in [2.05, 4.69) is 4.98 Å². The molecule has 0 aliphatic carbocycles. The van der Waals surface area contributed by atoms with Crippen molar-refractivity contribution in [2.75, 3.05) is 7.05 Å². The van der Waals surface area contributed by atoms with Gasteiger partial charge in [-0.05, 0) is 48.9 Å². The molecule has 27 heavy (non-hydrogen) atoms. The van der Waals surface area contributed by atoms with Crippen LogP contribution in [0.3, 0.4) is 0 Å². The van der Waals surface area contributed by atoms with Gasteiger partial charge >= 0.3 is 0 Å². The second kappa shape index (κ2) is 8.59. The quantitative estimate of drug-likeness (QED) is 0.523. The molecule has 1 atom stereocenters. The van der Waals surface area contributed by atoms with Crippen LogP contribution in [0, 0.1) is 0 Å². The monoisotopic (exact) mass is 402 g/mol. The van der Waals surface area contributed by atoms with Gasteiger partial charge in [0.05, 0.1) is 12.2 Å². The fraction of sp³-hybridized carbons (Fsp3) is 0.238. The Bertz CT molecular complexity index is 905. The highest BCUT2D eigenvalue weighted by Gasteiger charge is 2.18. The number of oxazole rings is 1. The van der Waals surface area contributed by atoms with Crippen molar-refractivity contribution in [2.45, 2.75) is 25.8 Å². The van der Waals surface area contributed by atoms with Crippen molar-refractivity contribution in [3.8, 4) is 11.3 Å². The van der Waals surface area contributed by atoms with Crippen LogP contribution in [-0.2, 0) is 11.2 Å². The van der Waals surface area contributed by atoms with E-state index in [0.29, 0.717) is 34.5 Å². The van der Waals surface area contributed by atoms with E-state index >= 15 is 0 Å². The zero-order valence-electron chi connectivity index (χ0n) is 15.2. The van der Waals surface area contributed by atoms with E-state index in [9.17, 15) is 4.79 Å². The molecule has 0 N–H and O–H groups in total. The molecule has 1 aromatic heterocycles. The summed E-state index contributed by atoms with van der Waals surface area (Å²) in [5.74, 6) is 1.24. The summed E-state index contributed by atoms with van der Waals surface area (Å²) in [7, 11) is 1.80. The third-order valence-corrected chi connectivity index (χ3v) is 5.07. The fourth-order valence-corrected chi connectivity index (χ4v) is 3.00. The van der Waals surface area contributed by atoms with Gasteiger partial charge in [-0.3, -0.25) is 4.79 Å². The van der Waals surface area contributed by atoms with Gasteiger partial charge in [-0.25, -0.2) is 4.98 Å². The van der Waals surface area contributed by atoms with E-state index in [-0.39, 0.29) is 11.9 Å². The minimum Gasteiger partial charge on any atom is -0.441 e. The van der Waals surface area contributed by atoms with Crippen LogP contribution in [0.5, 0.6) is 0 Å². The SMILES string of the molecule is C[C@@H](c1ccc(Cl)cc1)N(C)C(=O)CCc1ncc(-c2ccc(Cl)cc2)o1. The Hall–Kier alpha value is -2.30. The van der Waals surface area contributed by atoms with Crippen molar-refractivity contribution >= 4 is 29.1 Å². The van der Waals surface area contributed by atoms with E-state index < -0.39 is 0 Å². The van der Waals surface area contributed by atoms with Crippen molar-refractivity contribution in [3.63, 3.8) is 0 Å². The molecular weight excluding hydrogens is 383 g/mol. The van der Waals surface area contributed by atoms with Gasteiger partial charge in [-0.1, -0.05) is 35.3 Å². The van der Waals surface area contributed by atoms with Crippen LogP contribution in [0.2, 0.25) is 10.0 Å². The van der Waals surface area contributed by atoms with Gasteiger partial charge in [0.1, 0.15) is 0 Å². The second-order valence-electron chi connectivity index (χ2n) is 6.36. The summed E-state index contributed by atoms with van der Waals surface area (Å²) < 4.78 is 5.76. The second-order valence-corrected chi connectivity index (χ2v) is 7.23. The van der Waals surface area contributed by atoms with Crippen molar-refractivity contribution in [3.05, 3.63) is 76.2 Å². The van der Waals surface area contributed by atoms with E-state index in [1.165, 1.54) is 0 Å². The number of nitrogens with zero attached hydrogens (tertiary/aromatic N) is 2. The van der Waals surface area contributed by atoms with Gasteiger partial charge in [0.2, 0.25) is 5.91 Å². The predicted molar refractivity (Wildman–Crippen MR) is 108 cm³/mol. The molecular formula is C21H20Cl2N2O2. The molecule has 2 aromatic carbocycles. The molecule has 140 valence electrons. The van der Waals surface area contributed by atoms with E-state index in [0.717, 1.165) is 11.1 Å². The van der Waals surface area contributed by atoms with Gasteiger partial charge in [-0.2, -0.15) is 0 Å². The Morgan fingerprint density at radius 1 is 1.07 bits per heavy atom. The Balaban J connectivity index is 1.58. The standard InChI is InChI=1S/C21H20Cl2N2O2/c1-14(15-3-7-17(22)8-4-15)25(2)21(26)12-11-20-24-13-19(27-20)16-5-9-18(23)10-6-16/h3-10,13-14H,11-12H2,1-2H3/t14-/m0/s1. The normalized spacial score (nSPS) is 12.0. The highest BCUT2D eigenvalue weighted by Crippen LogP contribution is 2.24. The summed E-state index contributed by atoms with van der Waals surface area (Å²) in [5.41, 5.74) is 1.94. The number of benzene rings is 2. The first-order valence-electron chi connectivity index (χ1n) is 8.66. The highest BCUT2D eigenvalue weighted by molar-refractivity contribution is 6.30. The molecule has 0 unspecified atom stereocenters. The van der Waals surface area contributed by atoms with Crippen LogP contribution in [0.4, 0.5) is 0 Å². The number of aromatic nitrogens is 1. The number of carbonyl (C=O) groups is 1. The van der Waals surface area contributed by atoms with Crippen molar-refractivity contribution in [1.29, 1.82) is 0 Å². The predicted octanol–water partition coefficient (Wildman–Crippen LogP) is 5.80. The molecule has 0 bridgehead atoms. The maximum atomic E-state index is 12.5. The van der Waals surface area contributed by atoms with Crippen molar-refractivity contribution < 1.29 is 9.21 Å². The summed E-state index contributed by atoms with van der Waals surface area (Å²) in [4.78, 5) is 18.5. The summed E-state index contributed by atoms with van der Waals surface area (Å²) in [5, 5.41) is 1.35. The summed E-state index contributed by atoms with van der Waals surface area (Å²) in [6.07, 6.45) is 2.45. The zero-order chi connectivity index (χ0) is 19.4. The lowest BCUT2D eigenvalue weighted by atomic mass is 10.1. The lowest BCUT2D eigenvalue weighted by Crippen LogP contribution is -2.29. The first-order valence-corrected chi connectivity index (χ1v) is 9.41. The third-order valence-electron chi connectivity index (χ3n) is 4.56. The van der Waals surface area contributed by atoms with Crippen molar-refractivity contribution in [2.24, 2.45) is 0 Å². The third kappa shape index (κ3) is 4.90. The summed E-state index contributed by atoms with van der Waals surface area (Å²) >= 11 is 11.8. The minimum absolute atomic E-state index is 0.0312. The van der Waals surface area contributed by atoms with E-state index in [4.69, 9.17) is 27.6 Å². The Morgan fingerprint density at radius 3 is 2.30 bits per heavy atom. The van der Waals surface area contributed by atoms with Gasteiger partial charge < -0.3 is 9.32 Å². The first-order chi connectivity index (χ1) is 12.9. The maximum absolute atomic E-state index is 12.5. The summed E-state index contributed by atoms with van der Waals surface area (Å²) in [6.45, 7) is 1.99. The topological polar surface area (TPSA) is 46.3 Å². The van der Waals surface area contributed by atoms with Crippen LogP contribution < -0.4 is 0 Å².